The molecule has 0 aliphatic heterocycles. The molecule has 19 heavy (non-hydrogen) atoms. The van der Waals surface area contributed by atoms with Crippen molar-refractivity contribution in [1.82, 2.24) is 0 Å². The second kappa shape index (κ2) is 7.23. The van der Waals surface area contributed by atoms with Gasteiger partial charge in [0, 0.05) is 16.9 Å². The first-order valence-corrected chi connectivity index (χ1v) is 5.19. The Labute approximate surface area is 142 Å². The molecule has 0 unspecified atom stereocenters. The van der Waals surface area contributed by atoms with E-state index in [1.54, 1.807) is 30.6 Å². The molecule has 0 radical (unpaired) electrons. The molecule has 1 aromatic heterocycles. The molecule has 94 valence electrons. The third-order valence-corrected chi connectivity index (χ3v) is 2.22. The van der Waals surface area contributed by atoms with Crippen molar-refractivity contribution in [2.45, 2.75) is 0 Å². The summed E-state index contributed by atoms with van der Waals surface area (Å²) in [6.45, 7) is 0. The summed E-state index contributed by atoms with van der Waals surface area (Å²) in [5.74, 6) is -1.70. The van der Waals surface area contributed by atoms with Gasteiger partial charge in [-0.3, -0.25) is 0 Å². The van der Waals surface area contributed by atoms with Crippen molar-refractivity contribution < 1.29 is 27.1 Å². The van der Waals surface area contributed by atoms with Gasteiger partial charge in [0.1, 0.15) is 0 Å². The van der Waals surface area contributed by atoms with Gasteiger partial charge in [-0.1, -0.05) is 12.1 Å². The van der Waals surface area contributed by atoms with Gasteiger partial charge in [0.25, 0.3) is 0 Å². The fourth-order valence-corrected chi connectivity index (χ4v) is 1.37. The Morgan fingerprint density at radius 1 is 1.05 bits per heavy atom. The van der Waals surface area contributed by atoms with Gasteiger partial charge in [0.05, 0.1) is 11.1 Å². The predicted molar refractivity (Wildman–Crippen MR) is 68.9 cm³/mol. The van der Waals surface area contributed by atoms with Gasteiger partial charge in [0.2, 0.25) is 12.4 Å². The number of benzene rings is 1. The van der Waals surface area contributed by atoms with Crippen molar-refractivity contribution in [2.75, 3.05) is 0 Å². The van der Waals surface area contributed by atoms with Crippen LogP contribution in [-0.2, 0) is 0 Å². The third kappa shape index (κ3) is 4.31. The number of carboxylic acid groups (broad SMARTS) is 1. The van der Waals surface area contributed by atoms with Gasteiger partial charge in [-0.15, -0.1) is 0 Å². The molecule has 0 amide bonds. The number of carbonyl (C=O) groups excluding carboxylic acids is 1. The van der Waals surface area contributed by atoms with Crippen LogP contribution >= 0.6 is 0 Å². The molecule has 0 saturated carbocycles. The van der Waals surface area contributed by atoms with Gasteiger partial charge < -0.3 is 7.96 Å². The fraction of sp³-hybridized carbons (Fsp3) is 0. The summed E-state index contributed by atoms with van der Waals surface area (Å²) >= 11 is 0. The zero-order chi connectivity index (χ0) is 13.0. The second-order valence-electron chi connectivity index (χ2n) is 3.50. The zero-order valence-electron chi connectivity index (χ0n) is 12.0. The van der Waals surface area contributed by atoms with E-state index in [9.17, 15) is 9.59 Å². The normalized spacial score (nSPS) is 9.26. The van der Waals surface area contributed by atoms with Crippen molar-refractivity contribution >= 4 is 49.7 Å². The van der Waals surface area contributed by atoms with Crippen molar-refractivity contribution in [2.24, 2.45) is 0 Å². The molecule has 2 rings (SSSR count). The standard InChI is InChI=1S/C13H9NO4.Ca.2H/c15-12(16)10-5-4-6-11(9-10)13(17)18-14-7-2-1-3-8-14;;;/h1-9H;;;/q;+2;2*-1/p+1. The van der Waals surface area contributed by atoms with Crippen LogP contribution in [0, 0.1) is 0 Å². The molecule has 1 heterocycles. The smallest absolute Gasteiger partial charge is 1.00 e. The van der Waals surface area contributed by atoms with Crippen LogP contribution in [0.3, 0.4) is 0 Å². The van der Waals surface area contributed by atoms with Crippen LogP contribution in [0.15, 0.2) is 54.9 Å². The van der Waals surface area contributed by atoms with Crippen molar-refractivity contribution in [1.29, 1.82) is 0 Å². The first-order valence-electron chi connectivity index (χ1n) is 5.19. The molecule has 1 aromatic carbocycles. The minimum Gasteiger partial charge on any atom is -1.00 e. The Hall–Kier alpha value is -1.43. The van der Waals surface area contributed by atoms with E-state index in [1.807, 2.05) is 0 Å². The maximum atomic E-state index is 11.8. The molecule has 0 spiro atoms. The summed E-state index contributed by atoms with van der Waals surface area (Å²) in [7, 11) is 0. The van der Waals surface area contributed by atoms with Gasteiger partial charge in [0.15, 0.2) is 0 Å². The molecule has 0 bridgehead atoms. The number of hydrogen-bond donors (Lipinski definition) is 1. The van der Waals surface area contributed by atoms with Crippen LogP contribution in [0.4, 0.5) is 0 Å². The fourth-order valence-electron chi connectivity index (χ4n) is 1.37. The third-order valence-electron chi connectivity index (χ3n) is 2.22. The number of pyridine rings is 1. The van der Waals surface area contributed by atoms with E-state index < -0.39 is 11.9 Å². The van der Waals surface area contributed by atoms with Crippen molar-refractivity contribution in [3.8, 4) is 0 Å². The van der Waals surface area contributed by atoms with Crippen LogP contribution in [0.25, 0.3) is 0 Å². The average molecular weight is 286 g/mol. The van der Waals surface area contributed by atoms with Crippen LogP contribution in [-0.4, -0.2) is 54.8 Å². The van der Waals surface area contributed by atoms with Crippen LogP contribution in [0.1, 0.15) is 23.6 Å². The molecule has 0 aliphatic carbocycles. The molecule has 1 N–H and O–H groups in total. The summed E-state index contributed by atoms with van der Waals surface area (Å²) in [5, 5.41) is 8.82. The van der Waals surface area contributed by atoms with E-state index in [0.717, 1.165) is 0 Å². The number of rotatable bonds is 3. The number of carbonyl (C=O) groups is 2. The van der Waals surface area contributed by atoms with Crippen LogP contribution in [0.5, 0.6) is 0 Å². The van der Waals surface area contributed by atoms with E-state index >= 15 is 0 Å². The SMILES string of the molecule is O=C(O)c1cccc(C(=O)O[n+]2ccccc2)c1.[Ca+2].[H-].[H-]. The predicted octanol–water partition coefficient (Wildman–Crippen LogP) is 0.785. The quantitative estimate of drug-likeness (QED) is 0.669. The van der Waals surface area contributed by atoms with Crippen molar-refractivity contribution in [3.05, 3.63) is 66.0 Å². The molecule has 0 saturated heterocycles. The summed E-state index contributed by atoms with van der Waals surface area (Å²) in [4.78, 5) is 27.5. The molecule has 0 fully saturated rings. The maximum absolute atomic E-state index is 11.8. The Kier molecular flexibility index (Phi) is 5.95. The molecular weight excluding hydrogens is 274 g/mol. The molecule has 6 heteroatoms. The van der Waals surface area contributed by atoms with E-state index in [0.29, 0.717) is 0 Å². The minimum absolute atomic E-state index is 0. The maximum Gasteiger partial charge on any atom is 2.00 e. The number of hydrogen-bond acceptors (Lipinski definition) is 3. The van der Waals surface area contributed by atoms with Crippen molar-refractivity contribution in [3.63, 3.8) is 0 Å². The Balaban J connectivity index is 0. The zero-order valence-corrected chi connectivity index (χ0v) is 12.2. The largest absolute Gasteiger partial charge is 2.00 e. The Bertz CT molecular complexity index is 596. The summed E-state index contributed by atoms with van der Waals surface area (Å²) < 4.78 is 1.25. The molecule has 5 nitrogen and oxygen atoms in total. The van der Waals surface area contributed by atoms with Crippen LogP contribution < -0.4 is 9.57 Å². The monoisotopic (exact) mass is 286 g/mol. The van der Waals surface area contributed by atoms with Crippen LogP contribution in [0.2, 0.25) is 0 Å². The molecular formula is C13H12CaNO4+. The Morgan fingerprint density at radius 3 is 2.32 bits per heavy atom. The van der Waals surface area contributed by atoms with Gasteiger partial charge >= 0.3 is 49.7 Å². The van der Waals surface area contributed by atoms with E-state index in [2.05, 4.69) is 0 Å². The van der Waals surface area contributed by atoms with E-state index in [1.165, 1.54) is 29.0 Å². The van der Waals surface area contributed by atoms with Gasteiger partial charge in [-0.25, -0.2) is 9.59 Å². The molecule has 0 aliphatic rings. The number of aromatic carboxylic acids is 1. The second-order valence-corrected chi connectivity index (χ2v) is 3.50. The number of carboxylic acids is 1. The summed E-state index contributed by atoms with van der Waals surface area (Å²) in [6.07, 6.45) is 3.14. The van der Waals surface area contributed by atoms with E-state index in [-0.39, 0.29) is 51.7 Å². The molecule has 0 atom stereocenters. The van der Waals surface area contributed by atoms with Gasteiger partial charge in [-0.05, 0) is 18.2 Å². The summed E-state index contributed by atoms with van der Waals surface area (Å²) in [6, 6.07) is 10.9. The summed E-state index contributed by atoms with van der Waals surface area (Å²) in [5.41, 5.74) is 0.230. The first-order chi connectivity index (χ1) is 8.66. The average Bonchev–Trinajstić information content (AvgIpc) is 2.40. The topological polar surface area (TPSA) is 67.5 Å². The minimum atomic E-state index is -1.09. The van der Waals surface area contributed by atoms with Gasteiger partial charge in [-0.2, -0.15) is 4.84 Å². The number of aromatic nitrogens is 1. The van der Waals surface area contributed by atoms with E-state index in [4.69, 9.17) is 9.94 Å². The number of nitrogens with zero attached hydrogens (tertiary/aromatic N) is 1. The Morgan fingerprint density at radius 2 is 1.68 bits per heavy atom. The molecule has 2 aromatic rings. The first kappa shape index (κ1) is 15.6.